The largest absolute Gasteiger partial charge is 0.459 e. The van der Waals surface area contributed by atoms with Crippen LogP contribution < -0.4 is 20.1 Å². The molecule has 0 unspecified atom stereocenters. The van der Waals surface area contributed by atoms with E-state index in [1.165, 1.54) is 19.4 Å². The molecule has 0 atom stereocenters. The molecule has 7 heteroatoms. The first-order chi connectivity index (χ1) is 11.2. The summed E-state index contributed by atoms with van der Waals surface area (Å²) in [6.45, 7) is 0.167. The maximum Gasteiger partial charge on any atom is 0.291 e. The monoisotopic (exact) mass is 314 g/mol. The summed E-state index contributed by atoms with van der Waals surface area (Å²) in [5, 5.41) is 5.01. The summed E-state index contributed by atoms with van der Waals surface area (Å²) >= 11 is 0. The van der Waals surface area contributed by atoms with Gasteiger partial charge >= 0.3 is 0 Å². The molecule has 1 aliphatic rings. The lowest BCUT2D eigenvalue weighted by atomic mass is 10.1. The van der Waals surface area contributed by atoms with Crippen molar-refractivity contribution in [2.24, 2.45) is 0 Å². The predicted molar refractivity (Wildman–Crippen MR) is 80.8 cm³/mol. The Balaban J connectivity index is 1.86. The molecule has 23 heavy (non-hydrogen) atoms. The molecular weight excluding hydrogens is 300 g/mol. The first kappa shape index (κ1) is 14.7. The van der Waals surface area contributed by atoms with E-state index in [0.717, 1.165) is 0 Å². The van der Waals surface area contributed by atoms with Crippen LogP contribution in [0.3, 0.4) is 0 Å². The van der Waals surface area contributed by atoms with Crippen molar-refractivity contribution in [3.8, 4) is 11.5 Å². The van der Waals surface area contributed by atoms with Gasteiger partial charge in [0.25, 0.3) is 11.8 Å². The quantitative estimate of drug-likeness (QED) is 0.835. The summed E-state index contributed by atoms with van der Waals surface area (Å²) in [6, 6.07) is 8.33. The normalized spacial score (nSPS) is 12.8. The number of benzene rings is 1. The first-order valence-corrected chi connectivity index (χ1v) is 6.85. The topological polar surface area (TPSA) is 89.8 Å². The Morgan fingerprint density at radius 3 is 2.74 bits per heavy atom. The summed E-state index contributed by atoms with van der Waals surface area (Å²) in [5.41, 5.74) is 0.778. The van der Waals surface area contributed by atoms with Crippen LogP contribution in [-0.4, -0.2) is 25.7 Å². The number of nitrogens with one attached hydrogen (secondary N) is 2. The molecule has 7 nitrogen and oxygen atoms in total. The zero-order valence-electron chi connectivity index (χ0n) is 12.3. The lowest BCUT2D eigenvalue weighted by Crippen LogP contribution is -2.32. The van der Waals surface area contributed by atoms with Gasteiger partial charge in [-0.05, 0) is 35.9 Å². The Labute approximate surface area is 131 Å². The van der Waals surface area contributed by atoms with Gasteiger partial charge in [0.1, 0.15) is 5.70 Å². The molecule has 0 saturated heterocycles. The van der Waals surface area contributed by atoms with Crippen LogP contribution in [0.1, 0.15) is 16.1 Å². The van der Waals surface area contributed by atoms with E-state index in [-0.39, 0.29) is 18.3 Å². The average molecular weight is 314 g/mol. The number of amides is 2. The highest BCUT2D eigenvalue weighted by molar-refractivity contribution is 6.04. The second kappa shape index (κ2) is 6.27. The third-order valence-electron chi connectivity index (χ3n) is 3.17. The van der Waals surface area contributed by atoms with Gasteiger partial charge in [0.05, 0.1) is 6.26 Å². The molecule has 0 saturated carbocycles. The fourth-order valence-corrected chi connectivity index (χ4v) is 2.05. The van der Waals surface area contributed by atoms with E-state index in [2.05, 4.69) is 10.6 Å². The number of hydrogen-bond donors (Lipinski definition) is 2. The van der Waals surface area contributed by atoms with E-state index in [1.807, 2.05) is 0 Å². The summed E-state index contributed by atoms with van der Waals surface area (Å²) in [4.78, 5) is 24.0. The van der Waals surface area contributed by atoms with E-state index in [9.17, 15) is 9.59 Å². The standard InChI is InChI=1S/C16H14N2O5/c1-17-15(19)11(18-16(20)13-3-2-6-21-13)7-10-4-5-12-14(8-10)23-9-22-12/h2-8H,9H2,1H3,(H,17,19)(H,18,20)/b11-7-. The molecule has 1 aromatic carbocycles. The number of rotatable bonds is 4. The Hall–Kier alpha value is -3.22. The highest BCUT2D eigenvalue weighted by Crippen LogP contribution is 2.33. The van der Waals surface area contributed by atoms with Crippen molar-refractivity contribution in [3.63, 3.8) is 0 Å². The van der Waals surface area contributed by atoms with Crippen LogP contribution in [0.25, 0.3) is 6.08 Å². The van der Waals surface area contributed by atoms with E-state index >= 15 is 0 Å². The van der Waals surface area contributed by atoms with Gasteiger partial charge in [-0.15, -0.1) is 0 Å². The molecule has 2 aromatic rings. The van der Waals surface area contributed by atoms with Gasteiger partial charge < -0.3 is 24.5 Å². The second-order valence-corrected chi connectivity index (χ2v) is 4.68. The minimum Gasteiger partial charge on any atom is -0.459 e. The van der Waals surface area contributed by atoms with Crippen LogP contribution >= 0.6 is 0 Å². The van der Waals surface area contributed by atoms with Crippen LogP contribution in [0.4, 0.5) is 0 Å². The van der Waals surface area contributed by atoms with Gasteiger partial charge in [-0.2, -0.15) is 0 Å². The van der Waals surface area contributed by atoms with Gasteiger partial charge in [-0.1, -0.05) is 6.07 Å². The molecule has 0 radical (unpaired) electrons. The molecule has 2 N–H and O–H groups in total. The van der Waals surface area contributed by atoms with Gasteiger partial charge in [0, 0.05) is 7.05 Å². The number of hydrogen-bond acceptors (Lipinski definition) is 5. The summed E-state index contributed by atoms with van der Waals surface area (Å²) in [5.74, 6) is 0.411. The number of furan rings is 1. The van der Waals surface area contributed by atoms with E-state index in [0.29, 0.717) is 17.1 Å². The zero-order chi connectivity index (χ0) is 16.2. The highest BCUT2D eigenvalue weighted by Gasteiger charge is 2.17. The van der Waals surface area contributed by atoms with Gasteiger partial charge in [0.2, 0.25) is 6.79 Å². The van der Waals surface area contributed by atoms with Crippen molar-refractivity contribution >= 4 is 17.9 Å². The lowest BCUT2D eigenvalue weighted by Gasteiger charge is -2.08. The minimum atomic E-state index is -0.509. The number of ether oxygens (including phenoxy) is 2. The van der Waals surface area contributed by atoms with E-state index in [1.54, 1.807) is 30.3 Å². The molecule has 0 spiro atoms. The lowest BCUT2D eigenvalue weighted by molar-refractivity contribution is -0.117. The summed E-state index contributed by atoms with van der Waals surface area (Å²) in [6.07, 6.45) is 2.93. The maximum absolute atomic E-state index is 12.0. The molecule has 0 fully saturated rings. The number of carbonyl (C=O) groups excluding carboxylic acids is 2. The molecule has 3 rings (SSSR count). The summed E-state index contributed by atoms with van der Waals surface area (Å²) < 4.78 is 15.5. The van der Waals surface area contributed by atoms with Crippen LogP contribution in [0.2, 0.25) is 0 Å². The van der Waals surface area contributed by atoms with Crippen LogP contribution in [0.15, 0.2) is 46.7 Å². The van der Waals surface area contributed by atoms with Crippen LogP contribution in [-0.2, 0) is 4.79 Å². The Morgan fingerprint density at radius 2 is 2.00 bits per heavy atom. The minimum absolute atomic E-state index is 0.0905. The van der Waals surface area contributed by atoms with Crippen molar-refractivity contribution in [2.75, 3.05) is 13.8 Å². The van der Waals surface area contributed by atoms with Crippen molar-refractivity contribution in [1.29, 1.82) is 0 Å². The fourth-order valence-electron chi connectivity index (χ4n) is 2.05. The third kappa shape index (κ3) is 3.18. The molecule has 118 valence electrons. The van der Waals surface area contributed by atoms with E-state index in [4.69, 9.17) is 13.9 Å². The van der Waals surface area contributed by atoms with Crippen LogP contribution in [0, 0.1) is 0 Å². The van der Waals surface area contributed by atoms with Crippen molar-refractivity contribution in [3.05, 3.63) is 53.6 Å². The van der Waals surface area contributed by atoms with Gasteiger partial charge in [-0.3, -0.25) is 9.59 Å². The average Bonchev–Trinajstić information content (AvgIpc) is 3.24. The van der Waals surface area contributed by atoms with Crippen molar-refractivity contribution in [2.45, 2.75) is 0 Å². The molecule has 0 aliphatic carbocycles. The zero-order valence-corrected chi connectivity index (χ0v) is 12.3. The SMILES string of the molecule is CNC(=O)/C(=C/c1ccc2c(c1)OCO2)NC(=O)c1ccco1. The number of likely N-dealkylation sites (N-methyl/N-ethyl adjacent to an activating group) is 1. The van der Waals surface area contributed by atoms with E-state index < -0.39 is 11.8 Å². The fraction of sp³-hybridized carbons (Fsp3) is 0.125. The van der Waals surface area contributed by atoms with Crippen LogP contribution in [0.5, 0.6) is 11.5 Å². The second-order valence-electron chi connectivity index (χ2n) is 4.68. The first-order valence-electron chi connectivity index (χ1n) is 6.85. The van der Waals surface area contributed by atoms with Gasteiger partial charge in [-0.25, -0.2) is 0 Å². The maximum atomic E-state index is 12.0. The Kier molecular flexibility index (Phi) is 4.01. The predicted octanol–water partition coefficient (Wildman–Crippen LogP) is 1.53. The number of carbonyl (C=O) groups is 2. The third-order valence-corrected chi connectivity index (χ3v) is 3.17. The molecule has 1 aliphatic heterocycles. The number of fused-ring (bicyclic) bond motifs is 1. The molecular formula is C16H14N2O5. The molecule has 0 bridgehead atoms. The Morgan fingerprint density at radius 1 is 1.17 bits per heavy atom. The molecule has 2 amide bonds. The molecule has 1 aromatic heterocycles. The summed E-state index contributed by atoms with van der Waals surface area (Å²) in [7, 11) is 1.48. The van der Waals surface area contributed by atoms with Crippen molar-refractivity contribution in [1.82, 2.24) is 10.6 Å². The molecule has 2 heterocycles. The van der Waals surface area contributed by atoms with Gasteiger partial charge in [0.15, 0.2) is 17.3 Å². The highest BCUT2D eigenvalue weighted by atomic mass is 16.7. The smallest absolute Gasteiger partial charge is 0.291 e. The Bertz CT molecular complexity index is 765. The van der Waals surface area contributed by atoms with Crippen molar-refractivity contribution < 1.29 is 23.5 Å².